The first kappa shape index (κ1) is 19.4. The maximum absolute atomic E-state index is 12.4. The van der Waals surface area contributed by atoms with Gasteiger partial charge in [0.2, 0.25) is 0 Å². The van der Waals surface area contributed by atoms with E-state index in [0.29, 0.717) is 0 Å². The molecule has 0 unspecified atom stereocenters. The zero-order valence-electron chi connectivity index (χ0n) is 13.2. The predicted molar refractivity (Wildman–Crippen MR) is 89.9 cm³/mol. The predicted octanol–water partition coefficient (Wildman–Crippen LogP) is 5.75. The molecule has 0 aliphatic carbocycles. The van der Waals surface area contributed by atoms with Gasteiger partial charge in [-0.1, -0.05) is 53.7 Å². The molecule has 0 aliphatic rings. The van der Waals surface area contributed by atoms with Gasteiger partial charge in [-0.05, 0) is 35.4 Å². The van der Waals surface area contributed by atoms with Crippen LogP contribution in [0.5, 0.6) is 0 Å². The molecule has 0 saturated carbocycles. The fraction of sp³-hybridized carbons (Fsp3) is 0.200. The van der Waals surface area contributed by atoms with Crippen molar-refractivity contribution in [1.82, 2.24) is 0 Å². The summed E-state index contributed by atoms with van der Waals surface area (Å²) in [4.78, 5) is 0. The molecule has 0 atom stereocenters. The van der Waals surface area contributed by atoms with Crippen LogP contribution < -0.4 is 0 Å². The molecule has 2 rings (SSSR count). The van der Waals surface area contributed by atoms with Crippen molar-refractivity contribution in [2.75, 3.05) is 0 Å². The van der Waals surface area contributed by atoms with Crippen LogP contribution in [-0.4, -0.2) is 8.42 Å². The van der Waals surface area contributed by atoms with Gasteiger partial charge in [0.05, 0.1) is 11.4 Å². The molecular formula is C15H14F4N2O2S2. The first-order valence-corrected chi connectivity index (χ1v) is 9.54. The van der Waals surface area contributed by atoms with Crippen molar-refractivity contribution in [3.63, 3.8) is 0 Å². The fourth-order valence-corrected chi connectivity index (χ4v) is 3.02. The summed E-state index contributed by atoms with van der Waals surface area (Å²) in [6, 6.07) is 11.6. The Bertz CT molecular complexity index is 905. The van der Waals surface area contributed by atoms with E-state index < -0.39 is 26.4 Å². The zero-order valence-corrected chi connectivity index (χ0v) is 14.8. The number of halogens is 4. The van der Waals surface area contributed by atoms with Crippen LogP contribution in [0.1, 0.15) is 25.0 Å². The largest absolute Gasteiger partial charge is 0.371 e. The third-order valence-corrected chi connectivity index (χ3v) is 4.45. The van der Waals surface area contributed by atoms with E-state index in [-0.39, 0.29) is 11.4 Å². The van der Waals surface area contributed by atoms with Crippen molar-refractivity contribution in [1.29, 1.82) is 0 Å². The third-order valence-electron chi connectivity index (χ3n) is 3.60. The summed E-state index contributed by atoms with van der Waals surface area (Å²) in [5.74, 6) is 0. The molecule has 10 heteroatoms. The van der Waals surface area contributed by atoms with E-state index in [9.17, 15) is 24.0 Å². The normalized spacial score (nSPS) is 12.7. The molecule has 0 saturated heterocycles. The third kappa shape index (κ3) is 5.53. The molecule has 0 heterocycles. The Morgan fingerprint density at radius 2 is 0.960 bits per heavy atom. The fourth-order valence-electron chi connectivity index (χ4n) is 2.29. The van der Waals surface area contributed by atoms with Gasteiger partial charge >= 0.3 is 21.0 Å². The van der Waals surface area contributed by atoms with Crippen molar-refractivity contribution in [3.05, 3.63) is 59.7 Å². The van der Waals surface area contributed by atoms with Crippen LogP contribution in [-0.2, 0) is 26.4 Å². The maximum atomic E-state index is 12.4. The number of nitrogens with zero attached hydrogens (tertiary/aromatic N) is 2. The molecule has 0 radical (unpaired) electrons. The highest BCUT2D eigenvalue weighted by Crippen LogP contribution is 2.34. The lowest BCUT2D eigenvalue weighted by atomic mass is 9.78. The molecule has 0 spiro atoms. The molecule has 0 fully saturated rings. The molecular weight excluding hydrogens is 380 g/mol. The van der Waals surface area contributed by atoms with Gasteiger partial charge < -0.3 is 0 Å². The summed E-state index contributed by atoms with van der Waals surface area (Å²) >= 11 is 0. The van der Waals surface area contributed by atoms with E-state index in [4.69, 9.17) is 0 Å². The molecule has 0 N–H and O–H groups in total. The van der Waals surface area contributed by atoms with E-state index in [0.717, 1.165) is 11.1 Å². The Kier molecular flexibility index (Phi) is 5.24. The summed E-state index contributed by atoms with van der Waals surface area (Å²) in [5.41, 5.74) is 0.713. The summed E-state index contributed by atoms with van der Waals surface area (Å²) in [5, 5.41) is 0. The van der Waals surface area contributed by atoms with E-state index in [1.165, 1.54) is 24.3 Å². The summed E-state index contributed by atoms with van der Waals surface area (Å²) in [6.07, 6.45) is 0. The van der Waals surface area contributed by atoms with Crippen molar-refractivity contribution in [3.8, 4) is 0 Å². The maximum Gasteiger partial charge on any atom is 0.371 e. The van der Waals surface area contributed by atoms with E-state index >= 15 is 0 Å². The average molecular weight is 394 g/mol. The van der Waals surface area contributed by atoms with Crippen LogP contribution in [0.2, 0.25) is 0 Å². The Morgan fingerprint density at radius 1 is 0.680 bits per heavy atom. The minimum absolute atomic E-state index is 0.107. The second-order valence-electron chi connectivity index (χ2n) is 5.70. The first-order chi connectivity index (χ1) is 11.4. The second kappa shape index (κ2) is 6.75. The minimum atomic E-state index is -5.22. The Balaban J connectivity index is 2.35. The van der Waals surface area contributed by atoms with Crippen molar-refractivity contribution in [2.24, 2.45) is 8.73 Å². The van der Waals surface area contributed by atoms with Gasteiger partial charge in [-0.3, -0.25) is 0 Å². The van der Waals surface area contributed by atoms with Crippen LogP contribution >= 0.6 is 0 Å². The topological polar surface area (TPSA) is 58.9 Å². The van der Waals surface area contributed by atoms with Gasteiger partial charge in [-0.25, -0.2) is 0 Å². The van der Waals surface area contributed by atoms with Crippen LogP contribution in [0.4, 0.5) is 26.9 Å². The van der Waals surface area contributed by atoms with Gasteiger partial charge in [0.1, 0.15) is 0 Å². The summed E-state index contributed by atoms with van der Waals surface area (Å²) < 4.78 is 76.2. The van der Waals surface area contributed by atoms with Crippen molar-refractivity contribution in [2.45, 2.75) is 19.3 Å². The Morgan fingerprint density at radius 3 is 1.20 bits per heavy atom. The SMILES string of the molecule is CC(C)(c1ccc(N=S(=O)(F)F)cc1)c1ccc(N=S(=O)(F)F)cc1. The average Bonchev–Trinajstić information content (AvgIpc) is 2.45. The molecule has 0 bridgehead atoms. The lowest BCUT2D eigenvalue weighted by Gasteiger charge is -2.26. The van der Waals surface area contributed by atoms with Gasteiger partial charge in [0.15, 0.2) is 0 Å². The molecule has 0 aliphatic heterocycles. The second-order valence-corrected chi connectivity index (χ2v) is 7.65. The molecule has 0 aromatic heterocycles. The molecule has 0 amide bonds. The van der Waals surface area contributed by atoms with Crippen molar-refractivity contribution >= 4 is 32.4 Å². The van der Waals surface area contributed by atoms with Gasteiger partial charge in [0.25, 0.3) is 0 Å². The smallest absolute Gasteiger partial charge is 0.180 e. The highest BCUT2D eigenvalue weighted by Gasteiger charge is 2.23. The quantitative estimate of drug-likeness (QED) is 0.490. The standard InChI is InChI=1S/C15H14F4N2O2S2/c1-15(2,11-3-7-13(8-4-11)20-24(16,17)22)12-5-9-14(10-6-12)21-25(18,19)23/h3-10H,1-2H3. The van der Waals surface area contributed by atoms with E-state index in [1.54, 1.807) is 24.3 Å². The van der Waals surface area contributed by atoms with Gasteiger partial charge in [-0.2, -0.15) is 8.42 Å². The lowest BCUT2D eigenvalue weighted by molar-refractivity contribution is 0.586. The monoisotopic (exact) mass is 394 g/mol. The molecule has 4 nitrogen and oxygen atoms in total. The van der Waals surface area contributed by atoms with Gasteiger partial charge in [-0.15, -0.1) is 8.73 Å². The molecule has 136 valence electrons. The molecule has 2 aromatic carbocycles. The first-order valence-electron chi connectivity index (χ1n) is 6.91. The van der Waals surface area contributed by atoms with Crippen LogP contribution in [0.3, 0.4) is 0 Å². The van der Waals surface area contributed by atoms with Gasteiger partial charge in [0, 0.05) is 5.41 Å². The van der Waals surface area contributed by atoms with E-state index in [2.05, 4.69) is 8.73 Å². The molecule has 2 aromatic rings. The number of hydrogen-bond acceptors (Lipinski definition) is 4. The highest BCUT2D eigenvalue weighted by molar-refractivity contribution is 7.83. The van der Waals surface area contributed by atoms with Crippen LogP contribution in [0.15, 0.2) is 57.3 Å². The number of rotatable bonds is 4. The van der Waals surface area contributed by atoms with Crippen molar-refractivity contribution < 1.29 is 24.0 Å². The van der Waals surface area contributed by atoms with E-state index in [1.807, 2.05) is 13.8 Å². The Hall–Kier alpha value is -1.94. The summed E-state index contributed by atoms with van der Waals surface area (Å²) in [7, 11) is -10.4. The number of hydrogen-bond donors (Lipinski definition) is 0. The number of benzene rings is 2. The molecule has 25 heavy (non-hydrogen) atoms. The lowest BCUT2D eigenvalue weighted by Crippen LogP contribution is -2.18. The Labute approximate surface area is 144 Å². The summed E-state index contributed by atoms with van der Waals surface area (Å²) in [6.45, 7) is 3.71. The minimum Gasteiger partial charge on any atom is -0.180 e. The highest BCUT2D eigenvalue weighted by atomic mass is 32.3. The van der Waals surface area contributed by atoms with Crippen LogP contribution in [0, 0.1) is 0 Å². The van der Waals surface area contributed by atoms with Crippen LogP contribution in [0.25, 0.3) is 0 Å². The zero-order chi connectivity index (χ0) is 18.9.